The van der Waals surface area contributed by atoms with E-state index in [0.717, 1.165) is 32.2 Å². The molecule has 0 bridgehead atoms. The number of hydrogen-bond donors (Lipinski definition) is 0. The molecular formula is C17H23F3N2O3S3. The van der Waals surface area contributed by atoms with Crippen LogP contribution in [0.5, 0.6) is 0 Å². The number of halogens is 3. The Balaban J connectivity index is 2.57. The van der Waals surface area contributed by atoms with Crippen LogP contribution in [0.15, 0.2) is 34.3 Å². The topological polar surface area (TPSA) is 51.1 Å². The van der Waals surface area contributed by atoms with E-state index < -0.39 is 17.3 Å². The number of hydrogen-bond acceptors (Lipinski definition) is 7. The SMILES string of the molecule is CSC(=NOC(=O)N(C)SSc1ccccc1COCCC(C)C)C(F)(F)F. The van der Waals surface area contributed by atoms with Crippen molar-refractivity contribution in [3.63, 3.8) is 0 Å². The molecule has 1 aromatic rings. The monoisotopic (exact) mass is 456 g/mol. The molecule has 0 fully saturated rings. The Morgan fingerprint density at radius 2 is 1.96 bits per heavy atom. The lowest BCUT2D eigenvalue weighted by molar-refractivity contribution is -0.0575. The Morgan fingerprint density at radius 3 is 2.57 bits per heavy atom. The highest BCUT2D eigenvalue weighted by atomic mass is 33.1. The summed E-state index contributed by atoms with van der Waals surface area (Å²) in [5.74, 6) is 0.562. The summed E-state index contributed by atoms with van der Waals surface area (Å²) in [6.45, 7) is 5.35. The number of carbonyl (C=O) groups is 1. The predicted octanol–water partition coefficient (Wildman–Crippen LogP) is 6.21. The molecule has 28 heavy (non-hydrogen) atoms. The highest BCUT2D eigenvalue weighted by molar-refractivity contribution is 8.75. The molecule has 5 nitrogen and oxygen atoms in total. The molecule has 0 saturated heterocycles. The molecule has 0 radical (unpaired) electrons. The first-order valence-electron chi connectivity index (χ1n) is 8.29. The summed E-state index contributed by atoms with van der Waals surface area (Å²) in [7, 11) is 3.70. The second-order valence-corrected chi connectivity index (χ2v) is 9.00. The standard InChI is InChI=1S/C17H23F3N2O3S3/c1-12(2)9-10-24-11-13-7-5-6-8-14(13)27-28-22(3)16(23)25-21-15(26-4)17(18,19)20/h5-8,12H,9-11H2,1-4H3. The van der Waals surface area contributed by atoms with Gasteiger partial charge in [-0.15, -0.1) is 11.8 Å². The van der Waals surface area contributed by atoms with E-state index in [0.29, 0.717) is 30.9 Å². The average molecular weight is 457 g/mol. The van der Waals surface area contributed by atoms with E-state index in [1.165, 1.54) is 24.1 Å². The molecule has 0 heterocycles. The molecule has 1 aromatic carbocycles. The van der Waals surface area contributed by atoms with Crippen LogP contribution in [-0.4, -0.2) is 41.5 Å². The van der Waals surface area contributed by atoms with Crippen LogP contribution >= 0.6 is 33.5 Å². The molecule has 11 heteroatoms. The number of carbonyl (C=O) groups excluding carboxylic acids is 1. The summed E-state index contributed by atoms with van der Waals surface area (Å²) >= 11 is 0.357. The number of alkyl halides is 3. The van der Waals surface area contributed by atoms with Crippen LogP contribution in [0.3, 0.4) is 0 Å². The van der Waals surface area contributed by atoms with E-state index in [1.807, 2.05) is 24.3 Å². The summed E-state index contributed by atoms with van der Waals surface area (Å²) in [5.41, 5.74) is 0.963. The molecule has 0 aliphatic rings. The lowest BCUT2D eigenvalue weighted by Crippen LogP contribution is -2.23. The van der Waals surface area contributed by atoms with Crippen molar-refractivity contribution in [3.05, 3.63) is 29.8 Å². The molecule has 0 N–H and O–H groups in total. The molecule has 0 saturated carbocycles. The van der Waals surface area contributed by atoms with Crippen LogP contribution in [0.2, 0.25) is 0 Å². The molecule has 158 valence electrons. The van der Waals surface area contributed by atoms with Gasteiger partial charge in [0.15, 0.2) is 0 Å². The van der Waals surface area contributed by atoms with Crippen molar-refractivity contribution < 1.29 is 27.5 Å². The third kappa shape index (κ3) is 9.44. The Bertz CT molecular complexity index is 658. The number of ether oxygens (including phenoxy) is 1. The van der Waals surface area contributed by atoms with E-state index >= 15 is 0 Å². The van der Waals surface area contributed by atoms with E-state index in [9.17, 15) is 18.0 Å². The summed E-state index contributed by atoms with van der Waals surface area (Å²) in [6, 6.07) is 7.56. The smallest absolute Gasteiger partial charge is 0.377 e. The molecular weight excluding hydrogens is 433 g/mol. The largest absolute Gasteiger partial charge is 0.446 e. The lowest BCUT2D eigenvalue weighted by Gasteiger charge is -2.15. The maximum Gasteiger partial charge on any atom is 0.446 e. The van der Waals surface area contributed by atoms with Crippen LogP contribution in [-0.2, 0) is 16.2 Å². The molecule has 1 amide bonds. The Kier molecular flexibility index (Phi) is 11.2. The van der Waals surface area contributed by atoms with Crippen molar-refractivity contribution in [1.82, 2.24) is 4.31 Å². The second kappa shape index (κ2) is 12.5. The van der Waals surface area contributed by atoms with Crippen LogP contribution in [0.1, 0.15) is 25.8 Å². The first-order chi connectivity index (χ1) is 13.1. The highest BCUT2D eigenvalue weighted by Gasteiger charge is 2.36. The Hall–Kier alpha value is -1.04. The van der Waals surface area contributed by atoms with Crippen molar-refractivity contribution in [2.24, 2.45) is 11.1 Å². The van der Waals surface area contributed by atoms with Crippen LogP contribution in [0.25, 0.3) is 0 Å². The maximum atomic E-state index is 12.6. The quantitative estimate of drug-likeness (QED) is 0.0837. The predicted molar refractivity (Wildman–Crippen MR) is 110 cm³/mol. The van der Waals surface area contributed by atoms with E-state index in [1.54, 1.807) is 0 Å². The molecule has 0 unspecified atom stereocenters. The fourth-order valence-corrected chi connectivity index (χ4v) is 3.92. The minimum Gasteiger partial charge on any atom is -0.377 e. The normalized spacial score (nSPS) is 12.4. The number of nitrogens with zero attached hydrogens (tertiary/aromatic N) is 2. The van der Waals surface area contributed by atoms with Gasteiger partial charge in [0, 0.05) is 29.5 Å². The summed E-state index contributed by atoms with van der Waals surface area (Å²) in [5, 5.41) is 1.67. The molecule has 1 rings (SSSR count). The maximum absolute atomic E-state index is 12.6. The fraction of sp³-hybridized carbons (Fsp3) is 0.529. The lowest BCUT2D eigenvalue weighted by atomic mass is 10.1. The van der Waals surface area contributed by atoms with Gasteiger partial charge in [-0.2, -0.15) is 13.2 Å². The zero-order valence-corrected chi connectivity index (χ0v) is 18.4. The van der Waals surface area contributed by atoms with E-state index in [-0.39, 0.29) is 0 Å². The van der Waals surface area contributed by atoms with Crippen molar-refractivity contribution in [1.29, 1.82) is 0 Å². The summed E-state index contributed by atoms with van der Waals surface area (Å²) in [4.78, 5) is 17.1. The zero-order valence-electron chi connectivity index (χ0n) is 16.0. The number of rotatable bonds is 9. The molecule has 0 spiro atoms. The molecule has 0 atom stereocenters. The van der Waals surface area contributed by atoms with Gasteiger partial charge in [-0.25, -0.2) is 9.10 Å². The third-order valence-electron chi connectivity index (χ3n) is 3.21. The number of amides is 1. The van der Waals surface area contributed by atoms with E-state index in [4.69, 9.17) is 4.74 Å². The van der Waals surface area contributed by atoms with Gasteiger partial charge in [0.1, 0.15) is 0 Å². The Labute approximate surface area is 175 Å². The number of thioether (sulfide) groups is 1. The van der Waals surface area contributed by atoms with Gasteiger partial charge in [-0.05, 0) is 41.0 Å². The average Bonchev–Trinajstić information content (AvgIpc) is 2.63. The van der Waals surface area contributed by atoms with Gasteiger partial charge in [0.2, 0.25) is 5.04 Å². The van der Waals surface area contributed by atoms with Crippen molar-refractivity contribution in [3.8, 4) is 0 Å². The van der Waals surface area contributed by atoms with Gasteiger partial charge < -0.3 is 4.74 Å². The van der Waals surface area contributed by atoms with Crippen LogP contribution in [0, 0.1) is 5.92 Å². The van der Waals surface area contributed by atoms with Gasteiger partial charge >= 0.3 is 12.3 Å². The van der Waals surface area contributed by atoms with Gasteiger partial charge in [-0.1, -0.05) is 37.2 Å². The van der Waals surface area contributed by atoms with Crippen LogP contribution < -0.4 is 0 Å². The highest BCUT2D eigenvalue weighted by Crippen LogP contribution is 2.36. The summed E-state index contributed by atoms with van der Waals surface area (Å²) < 4.78 is 44.5. The van der Waals surface area contributed by atoms with Gasteiger partial charge in [-0.3, -0.25) is 4.84 Å². The first-order valence-corrected chi connectivity index (χ1v) is 11.6. The Morgan fingerprint density at radius 1 is 1.29 bits per heavy atom. The molecule has 0 aliphatic heterocycles. The van der Waals surface area contributed by atoms with Crippen LogP contribution in [0.4, 0.5) is 18.0 Å². The van der Waals surface area contributed by atoms with Crippen molar-refractivity contribution >= 4 is 44.7 Å². The zero-order chi connectivity index (χ0) is 21.2. The van der Waals surface area contributed by atoms with Gasteiger partial charge in [0.25, 0.3) is 0 Å². The van der Waals surface area contributed by atoms with E-state index in [2.05, 4.69) is 23.8 Å². The number of benzene rings is 1. The van der Waals surface area contributed by atoms with Crippen molar-refractivity contribution in [2.75, 3.05) is 19.9 Å². The number of oxime groups is 1. The van der Waals surface area contributed by atoms with Gasteiger partial charge in [0.05, 0.1) is 6.61 Å². The third-order valence-corrected chi connectivity index (χ3v) is 6.36. The minimum absolute atomic E-state index is 0.357. The minimum atomic E-state index is -4.66. The fourth-order valence-electron chi connectivity index (χ4n) is 1.67. The molecule has 0 aliphatic carbocycles. The molecule has 0 aromatic heterocycles. The first kappa shape index (κ1) is 25.0. The van der Waals surface area contributed by atoms with Crippen molar-refractivity contribution in [2.45, 2.75) is 37.9 Å². The summed E-state index contributed by atoms with van der Waals surface area (Å²) in [6.07, 6.45) is -3.49. The second-order valence-electron chi connectivity index (χ2n) is 5.95.